The van der Waals surface area contributed by atoms with E-state index in [2.05, 4.69) is 46.4 Å². The minimum Gasteiger partial charge on any atom is -0.441 e. The molecule has 1 N–H and O–H groups in total. The number of benzene rings is 2. The van der Waals surface area contributed by atoms with Gasteiger partial charge in [0.05, 0.1) is 6.20 Å². The predicted molar refractivity (Wildman–Crippen MR) is 118 cm³/mol. The number of piperidine rings is 1. The number of carbonyl (C=O) groups excluding carboxylic acids is 1. The van der Waals surface area contributed by atoms with Crippen molar-refractivity contribution in [3.05, 3.63) is 77.8 Å². The van der Waals surface area contributed by atoms with E-state index in [-0.39, 0.29) is 11.9 Å². The van der Waals surface area contributed by atoms with Crippen LogP contribution in [0.15, 0.2) is 65.2 Å². The minimum atomic E-state index is 0.0756. The molecule has 0 saturated carbocycles. The van der Waals surface area contributed by atoms with Crippen molar-refractivity contribution < 1.29 is 9.21 Å². The molecule has 2 heterocycles. The van der Waals surface area contributed by atoms with Crippen molar-refractivity contribution in [3.63, 3.8) is 0 Å². The maximum atomic E-state index is 12.4. The Morgan fingerprint density at radius 1 is 1.13 bits per heavy atom. The number of carbonyl (C=O) groups is 1. The molecule has 1 saturated heterocycles. The fourth-order valence-electron chi connectivity index (χ4n) is 3.99. The van der Waals surface area contributed by atoms with E-state index in [1.165, 1.54) is 11.1 Å². The third kappa shape index (κ3) is 5.57. The summed E-state index contributed by atoms with van der Waals surface area (Å²) >= 11 is 0. The number of likely N-dealkylation sites (tertiary alicyclic amines) is 1. The highest BCUT2D eigenvalue weighted by Gasteiger charge is 2.21. The highest BCUT2D eigenvalue weighted by molar-refractivity contribution is 5.76. The van der Waals surface area contributed by atoms with Gasteiger partial charge in [0.25, 0.3) is 0 Å². The van der Waals surface area contributed by atoms with Crippen molar-refractivity contribution in [1.82, 2.24) is 15.2 Å². The minimum absolute atomic E-state index is 0.0756. The average molecular weight is 404 g/mol. The lowest BCUT2D eigenvalue weighted by molar-refractivity contribution is -0.122. The van der Waals surface area contributed by atoms with Crippen LogP contribution >= 0.6 is 0 Å². The standard InChI is InChI=1S/C25H29N3O2/c1-19-6-5-7-20(16-19)18-28-14-12-22(13-15-28)27-24(29)10-11-25-26-17-23(30-25)21-8-3-2-4-9-21/h2-9,16-17,22H,10-15,18H2,1H3,(H,27,29). The largest absolute Gasteiger partial charge is 0.441 e. The highest BCUT2D eigenvalue weighted by atomic mass is 16.4. The van der Waals surface area contributed by atoms with Crippen LogP contribution in [-0.2, 0) is 17.8 Å². The Balaban J connectivity index is 1.19. The Bertz CT molecular complexity index is 959. The molecule has 0 unspecified atom stereocenters. The zero-order valence-electron chi connectivity index (χ0n) is 17.5. The van der Waals surface area contributed by atoms with Gasteiger partial charge in [-0.3, -0.25) is 9.69 Å². The molecule has 0 spiro atoms. The fourth-order valence-corrected chi connectivity index (χ4v) is 3.99. The number of aryl methyl sites for hydroxylation is 2. The van der Waals surface area contributed by atoms with E-state index < -0.39 is 0 Å². The second-order valence-electron chi connectivity index (χ2n) is 8.09. The molecule has 4 rings (SSSR count). The first-order valence-electron chi connectivity index (χ1n) is 10.7. The predicted octanol–water partition coefficient (Wildman–Crippen LogP) is 4.36. The lowest BCUT2D eigenvalue weighted by atomic mass is 10.0. The highest BCUT2D eigenvalue weighted by Crippen LogP contribution is 2.20. The Morgan fingerprint density at radius 3 is 2.70 bits per heavy atom. The maximum Gasteiger partial charge on any atom is 0.220 e. The van der Waals surface area contributed by atoms with Crippen molar-refractivity contribution in [2.24, 2.45) is 0 Å². The molecule has 1 amide bonds. The molecular formula is C25H29N3O2. The number of rotatable bonds is 7. The van der Waals surface area contributed by atoms with E-state index in [1.807, 2.05) is 30.3 Å². The molecule has 2 aromatic carbocycles. The lowest BCUT2D eigenvalue weighted by Gasteiger charge is -2.32. The molecule has 5 nitrogen and oxygen atoms in total. The molecule has 0 atom stereocenters. The van der Waals surface area contributed by atoms with Crippen molar-refractivity contribution in [2.75, 3.05) is 13.1 Å². The number of aromatic nitrogens is 1. The lowest BCUT2D eigenvalue weighted by Crippen LogP contribution is -2.44. The molecular weight excluding hydrogens is 374 g/mol. The van der Waals surface area contributed by atoms with Gasteiger partial charge < -0.3 is 9.73 Å². The summed E-state index contributed by atoms with van der Waals surface area (Å²) in [5, 5.41) is 3.19. The van der Waals surface area contributed by atoms with Gasteiger partial charge in [0.2, 0.25) is 5.91 Å². The zero-order chi connectivity index (χ0) is 20.8. The first-order valence-corrected chi connectivity index (χ1v) is 10.7. The van der Waals surface area contributed by atoms with E-state index in [4.69, 9.17) is 4.42 Å². The van der Waals surface area contributed by atoms with Gasteiger partial charge in [0.15, 0.2) is 11.7 Å². The number of amides is 1. The van der Waals surface area contributed by atoms with Gasteiger partial charge in [0.1, 0.15) is 0 Å². The Kier molecular flexibility index (Phi) is 6.60. The van der Waals surface area contributed by atoms with Gasteiger partial charge in [0, 0.05) is 44.1 Å². The molecule has 1 aliphatic rings. The summed E-state index contributed by atoms with van der Waals surface area (Å²) in [6.07, 6.45) is 4.64. The summed E-state index contributed by atoms with van der Waals surface area (Å²) in [4.78, 5) is 19.2. The number of hydrogen-bond acceptors (Lipinski definition) is 4. The average Bonchev–Trinajstić information content (AvgIpc) is 3.24. The monoisotopic (exact) mass is 403 g/mol. The summed E-state index contributed by atoms with van der Waals surface area (Å²) in [6.45, 7) is 5.14. The first-order chi connectivity index (χ1) is 14.7. The van der Waals surface area contributed by atoms with Crippen LogP contribution in [0.5, 0.6) is 0 Å². The van der Waals surface area contributed by atoms with Gasteiger partial charge in [-0.25, -0.2) is 4.98 Å². The van der Waals surface area contributed by atoms with Crippen molar-refractivity contribution in [2.45, 2.75) is 45.2 Å². The fraction of sp³-hybridized carbons (Fsp3) is 0.360. The van der Waals surface area contributed by atoms with Crippen molar-refractivity contribution in [3.8, 4) is 11.3 Å². The molecule has 156 valence electrons. The molecule has 1 aromatic heterocycles. The summed E-state index contributed by atoms with van der Waals surface area (Å²) in [5.74, 6) is 1.43. The van der Waals surface area contributed by atoms with E-state index in [9.17, 15) is 4.79 Å². The van der Waals surface area contributed by atoms with E-state index in [0.29, 0.717) is 18.7 Å². The second kappa shape index (κ2) is 9.72. The number of hydrogen-bond donors (Lipinski definition) is 1. The molecule has 0 radical (unpaired) electrons. The van der Waals surface area contributed by atoms with Crippen LogP contribution in [0.1, 0.15) is 36.3 Å². The molecule has 1 fully saturated rings. The van der Waals surface area contributed by atoms with E-state index >= 15 is 0 Å². The molecule has 30 heavy (non-hydrogen) atoms. The van der Waals surface area contributed by atoms with Crippen LogP contribution < -0.4 is 5.32 Å². The van der Waals surface area contributed by atoms with Gasteiger partial charge >= 0.3 is 0 Å². The van der Waals surface area contributed by atoms with Crippen LogP contribution in [0.25, 0.3) is 11.3 Å². The molecule has 0 bridgehead atoms. The van der Waals surface area contributed by atoms with Crippen LogP contribution in [0.3, 0.4) is 0 Å². The normalized spacial score (nSPS) is 15.2. The van der Waals surface area contributed by atoms with Gasteiger partial charge in [-0.1, -0.05) is 60.2 Å². The quantitative estimate of drug-likeness (QED) is 0.637. The smallest absolute Gasteiger partial charge is 0.220 e. The zero-order valence-corrected chi connectivity index (χ0v) is 17.5. The Labute approximate surface area is 178 Å². The van der Waals surface area contributed by atoms with Crippen molar-refractivity contribution >= 4 is 5.91 Å². The maximum absolute atomic E-state index is 12.4. The summed E-state index contributed by atoms with van der Waals surface area (Å²) in [5.41, 5.74) is 3.66. The topological polar surface area (TPSA) is 58.4 Å². The third-order valence-electron chi connectivity index (χ3n) is 5.62. The SMILES string of the molecule is Cc1cccc(CN2CCC(NC(=O)CCc3ncc(-c4ccccc4)o3)CC2)c1. The van der Waals surface area contributed by atoms with Crippen LogP contribution in [0, 0.1) is 6.92 Å². The molecule has 5 heteroatoms. The molecule has 1 aliphatic heterocycles. The van der Waals surface area contributed by atoms with Crippen LogP contribution in [-0.4, -0.2) is 34.9 Å². The van der Waals surface area contributed by atoms with Crippen LogP contribution in [0.2, 0.25) is 0 Å². The number of nitrogens with zero attached hydrogens (tertiary/aromatic N) is 2. The van der Waals surface area contributed by atoms with Crippen molar-refractivity contribution in [1.29, 1.82) is 0 Å². The summed E-state index contributed by atoms with van der Waals surface area (Å²) < 4.78 is 5.79. The van der Waals surface area contributed by atoms with E-state index in [0.717, 1.165) is 43.8 Å². The van der Waals surface area contributed by atoms with Gasteiger partial charge in [-0.05, 0) is 25.3 Å². The van der Waals surface area contributed by atoms with Gasteiger partial charge in [-0.2, -0.15) is 0 Å². The second-order valence-corrected chi connectivity index (χ2v) is 8.09. The molecule has 0 aliphatic carbocycles. The van der Waals surface area contributed by atoms with E-state index in [1.54, 1.807) is 6.20 Å². The van der Waals surface area contributed by atoms with Crippen LogP contribution in [0.4, 0.5) is 0 Å². The molecule has 3 aromatic rings. The Morgan fingerprint density at radius 2 is 1.93 bits per heavy atom. The van der Waals surface area contributed by atoms with Gasteiger partial charge in [-0.15, -0.1) is 0 Å². The summed E-state index contributed by atoms with van der Waals surface area (Å²) in [7, 11) is 0. The third-order valence-corrected chi connectivity index (χ3v) is 5.62. The number of nitrogens with one attached hydrogen (secondary N) is 1. The first kappa shape index (κ1) is 20.4. The number of oxazole rings is 1. The summed E-state index contributed by atoms with van der Waals surface area (Å²) in [6, 6.07) is 18.8. The Hall–Kier alpha value is -2.92.